The molecule has 0 saturated heterocycles. The van der Waals surface area contributed by atoms with Gasteiger partial charge in [-0.05, 0) is 30.2 Å². The fourth-order valence-corrected chi connectivity index (χ4v) is 2.01. The van der Waals surface area contributed by atoms with Crippen LogP contribution in [-0.2, 0) is 4.79 Å². The van der Waals surface area contributed by atoms with Gasteiger partial charge in [0.25, 0.3) is 5.91 Å². The molecule has 0 radical (unpaired) electrons. The molecule has 2 heterocycles. The summed E-state index contributed by atoms with van der Waals surface area (Å²) < 4.78 is 0. The number of hydrogen-bond acceptors (Lipinski definition) is 3. The average molecular weight is 225 g/mol. The van der Waals surface area contributed by atoms with E-state index < -0.39 is 5.91 Å². The van der Waals surface area contributed by atoms with Crippen LogP contribution in [0.3, 0.4) is 0 Å². The lowest BCUT2D eigenvalue weighted by Crippen LogP contribution is -2.33. The van der Waals surface area contributed by atoms with E-state index in [2.05, 4.69) is 11.1 Å². The lowest BCUT2D eigenvalue weighted by molar-refractivity contribution is -0.114. The van der Waals surface area contributed by atoms with E-state index in [0.29, 0.717) is 11.4 Å². The van der Waals surface area contributed by atoms with Crippen LogP contribution in [0.4, 0.5) is 0 Å². The quantitative estimate of drug-likeness (QED) is 0.732. The number of amidine groups is 1. The van der Waals surface area contributed by atoms with Crippen LogP contribution in [0.25, 0.3) is 0 Å². The molecule has 0 atom stereocenters. The topological polar surface area (TPSA) is 58.7 Å². The van der Waals surface area contributed by atoms with Crippen molar-refractivity contribution >= 4 is 11.7 Å². The van der Waals surface area contributed by atoms with Crippen molar-refractivity contribution in [3.05, 3.63) is 59.6 Å². The predicted molar refractivity (Wildman–Crippen MR) is 65.6 cm³/mol. The van der Waals surface area contributed by atoms with Gasteiger partial charge in [-0.15, -0.1) is 0 Å². The zero-order chi connectivity index (χ0) is 11.8. The van der Waals surface area contributed by atoms with Crippen LogP contribution in [-0.4, -0.2) is 16.6 Å². The Morgan fingerprint density at radius 3 is 3.06 bits per heavy atom. The normalized spacial score (nSPS) is 20.8. The SMILES string of the molecule is NC(=O)C1=CC=CN2C=C3CC=CC=C3N=C12. The van der Waals surface area contributed by atoms with E-state index in [4.69, 9.17) is 5.73 Å². The largest absolute Gasteiger partial charge is 0.365 e. The molecule has 0 fully saturated rings. The van der Waals surface area contributed by atoms with Crippen LogP contribution in [0.15, 0.2) is 64.6 Å². The summed E-state index contributed by atoms with van der Waals surface area (Å²) in [5.41, 5.74) is 7.83. The third-order valence-corrected chi connectivity index (χ3v) is 2.84. The van der Waals surface area contributed by atoms with Crippen molar-refractivity contribution in [2.24, 2.45) is 10.7 Å². The van der Waals surface area contributed by atoms with E-state index in [9.17, 15) is 4.79 Å². The maximum Gasteiger partial charge on any atom is 0.252 e. The van der Waals surface area contributed by atoms with Crippen LogP contribution in [0.5, 0.6) is 0 Å². The first-order valence-corrected chi connectivity index (χ1v) is 5.39. The van der Waals surface area contributed by atoms with Crippen LogP contribution in [0, 0.1) is 0 Å². The summed E-state index contributed by atoms with van der Waals surface area (Å²) in [6.45, 7) is 0. The molecule has 1 aliphatic carbocycles. The van der Waals surface area contributed by atoms with Crippen molar-refractivity contribution in [1.82, 2.24) is 4.90 Å². The summed E-state index contributed by atoms with van der Waals surface area (Å²) in [6.07, 6.45) is 14.2. The Hall–Kier alpha value is -2.36. The van der Waals surface area contributed by atoms with Crippen LogP contribution >= 0.6 is 0 Å². The minimum atomic E-state index is -0.457. The first-order chi connectivity index (χ1) is 8.25. The van der Waals surface area contributed by atoms with Gasteiger partial charge in [-0.1, -0.05) is 12.2 Å². The maximum atomic E-state index is 11.3. The van der Waals surface area contributed by atoms with Gasteiger partial charge in [-0.25, -0.2) is 4.99 Å². The van der Waals surface area contributed by atoms with Gasteiger partial charge in [0.05, 0.1) is 11.3 Å². The first kappa shape index (κ1) is 9.84. The number of aliphatic imine (C=N–C) groups is 1. The van der Waals surface area contributed by atoms with E-state index >= 15 is 0 Å². The van der Waals surface area contributed by atoms with Crippen LogP contribution in [0.2, 0.25) is 0 Å². The van der Waals surface area contributed by atoms with Crippen molar-refractivity contribution < 1.29 is 4.79 Å². The number of fused-ring (bicyclic) bond motifs is 2. The average Bonchev–Trinajstić information content (AvgIpc) is 2.35. The molecule has 0 aromatic carbocycles. The van der Waals surface area contributed by atoms with E-state index in [-0.39, 0.29) is 0 Å². The lowest BCUT2D eigenvalue weighted by atomic mass is 10.0. The Morgan fingerprint density at radius 2 is 2.24 bits per heavy atom. The highest BCUT2D eigenvalue weighted by Crippen LogP contribution is 2.28. The van der Waals surface area contributed by atoms with Gasteiger partial charge in [0, 0.05) is 12.4 Å². The molecule has 0 aromatic heterocycles. The Bertz CT molecular complexity index is 573. The molecular weight excluding hydrogens is 214 g/mol. The zero-order valence-corrected chi connectivity index (χ0v) is 9.13. The van der Waals surface area contributed by atoms with Crippen molar-refractivity contribution in [2.45, 2.75) is 6.42 Å². The molecule has 1 amide bonds. The summed E-state index contributed by atoms with van der Waals surface area (Å²) in [6, 6.07) is 0. The number of primary amides is 1. The highest BCUT2D eigenvalue weighted by Gasteiger charge is 2.25. The fraction of sp³-hybridized carbons (Fsp3) is 0.0769. The molecule has 0 saturated carbocycles. The molecule has 0 aromatic rings. The second kappa shape index (κ2) is 3.59. The van der Waals surface area contributed by atoms with Gasteiger partial charge in [0.15, 0.2) is 0 Å². The molecule has 0 spiro atoms. The molecule has 4 heteroatoms. The first-order valence-electron chi connectivity index (χ1n) is 5.39. The highest BCUT2D eigenvalue weighted by molar-refractivity contribution is 6.22. The van der Waals surface area contributed by atoms with Crippen molar-refractivity contribution in [3.8, 4) is 0 Å². The van der Waals surface area contributed by atoms with E-state index in [1.165, 1.54) is 0 Å². The summed E-state index contributed by atoms with van der Waals surface area (Å²) in [7, 11) is 0. The number of hydrogen-bond donors (Lipinski definition) is 1. The monoisotopic (exact) mass is 225 g/mol. The molecule has 2 N–H and O–H groups in total. The molecule has 84 valence electrons. The standard InChI is InChI=1S/C13H11N3O/c14-12(17)10-5-3-7-16-8-9-4-1-2-6-11(9)15-13(10)16/h1-3,5-8H,4H2,(H2,14,17). The molecule has 3 aliphatic rings. The van der Waals surface area contributed by atoms with Gasteiger partial charge in [-0.2, -0.15) is 0 Å². The van der Waals surface area contributed by atoms with Gasteiger partial charge < -0.3 is 10.6 Å². The number of carbonyl (C=O) groups excluding carboxylic acids is 1. The molecule has 17 heavy (non-hydrogen) atoms. The van der Waals surface area contributed by atoms with Gasteiger partial charge in [0.2, 0.25) is 0 Å². The number of amides is 1. The fourth-order valence-electron chi connectivity index (χ4n) is 2.01. The molecular formula is C13H11N3O. The van der Waals surface area contributed by atoms with Gasteiger partial charge in [-0.3, -0.25) is 4.79 Å². The van der Waals surface area contributed by atoms with Crippen molar-refractivity contribution in [3.63, 3.8) is 0 Å². The smallest absolute Gasteiger partial charge is 0.252 e. The lowest BCUT2D eigenvalue weighted by Gasteiger charge is -2.28. The molecule has 2 aliphatic heterocycles. The minimum absolute atomic E-state index is 0.443. The Morgan fingerprint density at radius 1 is 1.35 bits per heavy atom. The van der Waals surface area contributed by atoms with Gasteiger partial charge in [0.1, 0.15) is 5.84 Å². The third kappa shape index (κ3) is 1.54. The highest BCUT2D eigenvalue weighted by atomic mass is 16.1. The summed E-state index contributed by atoms with van der Waals surface area (Å²) in [4.78, 5) is 17.7. The van der Waals surface area contributed by atoms with E-state index in [0.717, 1.165) is 17.7 Å². The van der Waals surface area contributed by atoms with Crippen molar-refractivity contribution in [2.75, 3.05) is 0 Å². The number of nitrogens with two attached hydrogens (primary N) is 1. The van der Waals surface area contributed by atoms with Crippen LogP contribution < -0.4 is 5.73 Å². The van der Waals surface area contributed by atoms with Crippen LogP contribution in [0.1, 0.15) is 6.42 Å². The Kier molecular flexibility index (Phi) is 2.08. The number of carbonyl (C=O) groups is 1. The zero-order valence-electron chi connectivity index (χ0n) is 9.13. The van der Waals surface area contributed by atoms with E-state index in [1.54, 1.807) is 12.2 Å². The summed E-state index contributed by atoms with van der Waals surface area (Å²) in [5.74, 6) is 0.146. The van der Waals surface area contributed by atoms with Crippen molar-refractivity contribution in [1.29, 1.82) is 0 Å². The predicted octanol–water partition coefficient (Wildman–Crippen LogP) is 1.37. The Balaban J connectivity index is 2.09. The number of allylic oxidation sites excluding steroid dienone is 6. The van der Waals surface area contributed by atoms with E-state index in [1.807, 2.05) is 29.5 Å². The minimum Gasteiger partial charge on any atom is -0.365 e. The second-order valence-corrected chi connectivity index (χ2v) is 3.97. The van der Waals surface area contributed by atoms with Gasteiger partial charge >= 0.3 is 0 Å². The summed E-state index contributed by atoms with van der Waals surface area (Å²) >= 11 is 0. The molecule has 4 nitrogen and oxygen atoms in total. The number of rotatable bonds is 1. The maximum absolute atomic E-state index is 11.3. The number of nitrogens with zero attached hydrogens (tertiary/aromatic N) is 2. The second-order valence-electron chi connectivity index (χ2n) is 3.97. The molecule has 0 bridgehead atoms. The molecule has 3 rings (SSSR count). The third-order valence-electron chi connectivity index (χ3n) is 2.84. The summed E-state index contributed by atoms with van der Waals surface area (Å²) in [5, 5.41) is 0. The molecule has 0 unspecified atom stereocenters. The Labute approximate surface area is 98.8 Å².